The molecule has 0 aromatic heterocycles. The molecule has 0 aliphatic carbocycles. The van der Waals surface area contributed by atoms with Crippen LogP contribution in [0.5, 0.6) is 0 Å². The monoisotopic (exact) mass is 360 g/mol. The number of carbonyl (C=O) groups is 1. The molecule has 1 atom stereocenters. The molecule has 2 rings (SSSR count). The highest BCUT2D eigenvalue weighted by atomic mass is 79.9. The van der Waals surface area contributed by atoms with Gasteiger partial charge in [0.25, 0.3) is 5.91 Å². The lowest BCUT2D eigenvalue weighted by Crippen LogP contribution is -2.49. The first kappa shape index (κ1) is 14.8. The Morgan fingerprint density at radius 2 is 2.21 bits per heavy atom. The number of hydrogen-bond donors (Lipinski definition) is 1. The molecule has 19 heavy (non-hydrogen) atoms. The molecule has 0 spiro atoms. The van der Waals surface area contributed by atoms with Gasteiger partial charge in [-0.3, -0.25) is 4.79 Å². The van der Waals surface area contributed by atoms with Crippen LogP contribution in [0.15, 0.2) is 22.7 Å². The second-order valence-electron chi connectivity index (χ2n) is 4.54. The van der Waals surface area contributed by atoms with Gasteiger partial charge in [0.1, 0.15) is 0 Å². The van der Waals surface area contributed by atoms with E-state index in [2.05, 4.69) is 15.9 Å². The van der Waals surface area contributed by atoms with Gasteiger partial charge in [-0.15, -0.1) is 0 Å². The molecule has 1 aromatic carbocycles. The molecule has 1 saturated heterocycles. The highest BCUT2D eigenvalue weighted by Gasteiger charge is 2.30. The fraction of sp³-hybridized carbons (Fsp3) is 0.385. The second kappa shape index (κ2) is 6.20. The molecule has 102 valence electrons. The Labute approximate surface area is 131 Å². The topological polar surface area (TPSA) is 46.3 Å². The van der Waals surface area contributed by atoms with E-state index in [1.54, 1.807) is 23.1 Å². The molecule has 2 N–H and O–H groups in total. The van der Waals surface area contributed by atoms with E-state index in [1.165, 1.54) is 0 Å². The molecule has 6 heteroatoms. The van der Waals surface area contributed by atoms with Gasteiger partial charge in [0.15, 0.2) is 0 Å². The maximum atomic E-state index is 12.6. The highest BCUT2D eigenvalue weighted by molar-refractivity contribution is 9.10. The number of rotatable bonds is 2. The lowest BCUT2D eigenvalue weighted by atomic mass is 10.0. The summed E-state index contributed by atoms with van der Waals surface area (Å²) in [6, 6.07) is 5.03. The smallest absolute Gasteiger partial charge is 0.255 e. The third-order valence-electron chi connectivity index (χ3n) is 3.25. The van der Waals surface area contributed by atoms with Crippen LogP contribution in [0.3, 0.4) is 0 Å². The van der Waals surface area contributed by atoms with Gasteiger partial charge in [-0.25, -0.2) is 0 Å². The van der Waals surface area contributed by atoms with Crippen LogP contribution in [0.25, 0.3) is 0 Å². The molecule has 1 aromatic rings. The second-order valence-corrected chi connectivity index (χ2v) is 6.30. The third-order valence-corrected chi connectivity index (χ3v) is 4.45. The minimum atomic E-state index is -0.151. The van der Waals surface area contributed by atoms with E-state index in [1.807, 2.05) is 0 Å². The number of piperidine rings is 1. The number of likely N-dealkylation sites (tertiary alicyclic amines) is 1. The molecule has 1 amide bonds. The first-order valence-electron chi connectivity index (χ1n) is 6.06. The van der Waals surface area contributed by atoms with Gasteiger partial charge < -0.3 is 10.6 Å². The first-order chi connectivity index (χ1) is 9.00. The van der Waals surface area contributed by atoms with E-state index in [9.17, 15) is 4.79 Å². The van der Waals surface area contributed by atoms with Crippen LogP contribution in [0, 0.1) is 0 Å². The zero-order valence-corrected chi connectivity index (χ0v) is 13.4. The lowest BCUT2D eigenvalue weighted by molar-refractivity contribution is 0.0680. The average molecular weight is 362 g/mol. The quantitative estimate of drug-likeness (QED) is 0.821. The van der Waals surface area contributed by atoms with Crippen LogP contribution in [0.1, 0.15) is 29.6 Å². The Morgan fingerprint density at radius 3 is 2.89 bits per heavy atom. The average Bonchev–Trinajstić information content (AvgIpc) is 2.40. The van der Waals surface area contributed by atoms with Gasteiger partial charge in [0.2, 0.25) is 0 Å². The van der Waals surface area contributed by atoms with Gasteiger partial charge in [-0.1, -0.05) is 23.8 Å². The Bertz CT molecular complexity index is 523. The predicted molar refractivity (Wildman–Crippen MR) is 84.6 cm³/mol. The van der Waals surface area contributed by atoms with Crippen molar-refractivity contribution >= 4 is 50.6 Å². The fourth-order valence-electron chi connectivity index (χ4n) is 2.29. The Balaban J connectivity index is 2.31. The van der Waals surface area contributed by atoms with Crippen LogP contribution in [-0.2, 0) is 0 Å². The number of hydrogen-bond acceptors (Lipinski definition) is 2. The Hall–Kier alpha value is -0.650. The van der Waals surface area contributed by atoms with Crippen LogP contribution in [0.2, 0.25) is 5.02 Å². The Kier molecular flexibility index (Phi) is 4.81. The Morgan fingerprint density at radius 1 is 1.47 bits per heavy atom. The predicted octanol–water partition coefficient (Wildman–Crippen LogP) is 3.38. The van der Waals surface area contributed by atoms with E-state index >= 15 is 0 Å². The number of amides is 1. The van der Waals surface area contributed by atoms with Gasteiger partial charge >= 0.3 is 0 Å². The minimum Gasteiger partial charge on any atom is -0.392 e. The molecule has 3 nitrogen and oxygen atoms in total. The van der Waals surface area contributed by atoms with E-state index < -0.39 is 0 Å². The molecule has 0 saturated carbocycles. The maximum Gasteiger partial charge on any atom is 0.255 e. The molecular formula is C13H14BrClN2OS. The number of nitrogens with two attached hydrogens (primary N) is 1. The summed E-state index contributed by atoms with van der Waals surface area (Å²) in [5.41, 5.74) is 6.29. The summed E-state index contributed by atoms with van der Waals surface area (Å²) in [4.78, 5) is 14.7. The van der Waals surface area contributed by atoms with Crippen molar-refractivity contribution in [1.29, 1.82) is 0 Å². The van der Waals surface area contributed by atoms with Crippen LogP contribution in [0.4, 0.5) is 0 Å². The van der Waals surface area contributed by atoms with Crippen molar-refractivity contribution in [3.63, 3.8) is 0 Å². The summed E-state index contributed by atoms with van der Waals surface area (Å²) in [5, 5.41) is 0.537. The fourth-order valence-corrected chi connectivity index (χ4v) is 3.12. The van der Waals surface area contributed by atoms with Crippen molar-refractivity contribution in [2.75, 3.05) is 6.54 Å². The minimum absolute atomic E-state index is 0.0770. The molecule has 1 aliphatic rings. The summed E-state index contributed by atoms with van der Waals surface area (Å²) >= 11 is 14.4. The van der Waals surface area contributed by atoms with Gasteiger partial charge in [0.05, 0.1) is 16.6 Å². The van der Waals surface area contributed by atoms with Crippen LogP contribution in [-0.4, -0.2) is 28.4 Å². The van der Waals surface area contributed by atoms with Crippen molar-refractivity contribution < 1.29 is 4.79 Å². The van der Waals surface area contributed by atoms with Gasteiger partial charge in [-0.05, 0) is 53.4 Å². The third kappa shape index (κ3) is 3.27. The van der Waals surface area contributed by atoms with Crippen molar-refractivity contribution in [3.8, 4) is 0 Å². The first-order valence-corrected chi connectivity index (χ1v) is 7.64. The largest absolute Gasteiger partial charge is 0.392 e. The molecule has 1 heterocycles. The van der Waals surface area contributed by atoms with Gasteiger partial charge in [0, 0.05) is 16.0 Å². The number of halogens is 2. The SMILES string of the molecule is NC(=S)C1CCCCN1C(=O)c1cc(Cl)ccc1Br. The number of nitrogens with zero attached hydrogens (tertiary/aromatic N) is 1. The van der Waals surface area contributed by atoms with E-state index in [4.69, 9.17) is 29.6 Å². The van der Waals surface area contributed by atoms with Crippen molar-refractivity contribution in [2.45, 2.75) is 25.3 Å². The van der Waals surface area contributed by atoms with Crippen molar-refractivity contribution in [2.24, 2.45) is 5.73 Å². The molecular weight excluding hydrogens is 348 g/mol. The van der Waals surface area contributed by atoms with E-state index in [0.29, 0.717) is 22.1 Å². The summed E-state index contributed by atoms with van der Waals surface area (Å²) < 4.78 is 0.731. The molecule has 1 aliphatic heterocycles. The van der Waals surface area contributed by atoms with E-state index in [0.717, 1.165) is 23.7 Å². The van der Waals surface area contributed by atoms with Crippen LogP contribution >= 0.6 is 39.7 Å². The maximum absolute atomic E-state index is 12.6. The van der Waals surface area contributed by atoms with Crippen LogP contribution < -0.4 is 5.73 Å². The lowest BCUT2D eigenvalue weighted by Gasteiger charge is -2.35. The zero-order chi connectivity index (χ0) is 14.0. The summed E-state index contributed by atoms with van der Waals surface area (Å²) in [6.45, 7) is 0.680. The molecule has 0 bridgehead atoms. The van der Waals surface area contributed by atoms with Gasteiger partial charge in [-0.2, -0.15) is 0 Å². The number of carbonyl (C=O) groups excluding carboxylic acids is 1. The standard InChI is InChI=1S/C13H14BrClN2OS/c14-10-5-4-8(15)7-9(10)13(18)17-6-2-1-3-11(17)12(16)19/h4-5,7,11H,1-3,6H2,(H2,16,19). The van der Waals surface area contributed by atoms with Crippen molar-refractivity contribution in [3.05, 3.63) is 33.3 Å². The normalized spacial score (nSPS) is 19.3. The number of thiocarbonyl (C=S) groups is 1. The van der Waals surface area contributed by atoms with E-state index in [-0.39, 0.29) is 11.9 Å². The summed E-state index contributed by atoms with van der Waals surface area (Å²) in [6.07, 6.45) is 2.85. The highest BCUT2D eigenvalue weighted by Crippen LogP contribution is 2.26. The number of benzene rings is 1. The summed E-state index contributed by atoms with van der Waals surface area (Å²) in [7, 11) is 0. The molecule has 0 radical (unpaired) electrons. The molecule has 1 fully saturated rings. The zero-order valence-electron chi connectivity index (χ0n) is 10.2. The molecule has 1 unspecified atom stereocenters. The summed E-state index contributed by atoms with van der Waals surface area (Å²) in [5.74, 6) is -0.0770. The van der Waals surface area contributed by atoms with Crippen molar-refractivity contribution in [1.82, 2.24) is 4.90 Å².